The standard InChI is InChI=1S/C26H33I2N3O15P2/c27-19-9-16(10-20(28)24(19)46-18-3-1-17(32)2-4-18)11-21(25(37)38)31(8-6-30(13-23(35)36)15-48(43,44)45)7-5-29(12-22(33)34)14-47(41,42)26(39)40/h1-4,9-10,21,32H,5-8,11-15H2,(H,33,34)(H,35,36)(H,37,38)(H,39,40)(H,41,42)(H2,43,44,45). The third-order valence-corrected chi connectivity index (χ3v) is 10.2. The van der Waals surface area contributed by atoms with Crippen LogP contribution < -0.4 is 4.74 Å². The molecular formula is C26H33I2N3O15P2. The second-order valence-electron chi connectivity index (χ2n) is 10.4. The Labute approximate surface area is 300 Å². The van der Waals surface area contributed by atoms with E-state index in [1.807, 2.05) is 45.2 Å². The predicted molar refractivity (Wildman–Crippen MR) is 185 cm³/mol. The zero-order valence-corrected chi connectivity index (χ0v) is 30.9. The van der Waals surface area contributed by atoms with E-state index in [4.69, 9.17) is 9.84 Å². The monoisotopic (exact) mass is 943 g/mol. The van der Waals surface area contributed by atoms with Crippen LogP contribution in [0.4, 0.5) is 4.79 Å². The van der Waals surface area contributed by atoms with Crippen LogP contribution in [0.5, 0.6) is 17.2 Å². The first-order valence-electron chi connectivity index (χ1n) is 13.6. The van der Waals surface area contributed by atoms with Crippen molar-refractivity contribution in [2.45, 2.75) is 12.5 Å². The number of hydrogen-bond donors (Lipinski definition) is 8. The van der Waals surface area contributed by atoms with E-state index in [0.29, 0.717) is 24.2 Å². The molecule has 0 aliphatic carbocycles. The lowest BCUT2D eigenvalue weighted by Gasteiger charge is -2.33. The van der Waals surface area contributed by atoms with Crippen molar-refractivity contribution >= 4 is 83.8 Å². The summed E-state index contributed by atoms with van der Waals surface area (Å²) in [6.07, 6.45) is -2.20. The Hall–Kier alpha value is -2.40. The summed E-state index contributed by atoms with van der Waals surface area (Å²) < 4.78 is 30.9. The maximum absolute atomic E-state index is 12.6. The highest BCUT2D eigenvalue weighted by Crippen LogP contribution is 2.41. The number of carbonyl (C=O) groups is 4. The quantitative estimate of drug-likeness (QED) is 0.0659. The molecule has 0 heterocycles. The van der Waals surface area contributed by atoms with Crippen LogP contribution in [-0.2, 0) is 29.9 Å². The highest BCUT2D eigenvalue weighted by atomic mass is 127. The Balaban J connectivity index is 2.44. The van der Waals surface area contributed by atoms with Gasteiger partial charge in [-0.2, -0.15) is 0 Å². The molecule has 8 N–H and O–H groups in total. The summed E-state index contributed by atoms with van der Waals surface area (Å²) in [6, 6.07) is 7.89. The molecule has 18 nitrogen and oxygen atoms in total. The first-order chi connectivity index (χ1) is 22.2. The molecule has 0 saturated heterocycles. The maximum Gasteiger partial charge on any atom is 0.390 e. The molecule has 0 aliphatic heterocycles. The number of hydrogen-bond acceptors (Lipinski definition) is 11. The first-order valence-corrected chi connectivity index (χ1v) is 19.4. The number of benzene rings is 2. The predicted octanol–water partition coefficient (Wildman–Crippen LogP) is 2.51. The van der Waals surface area contributed by atoms with E-state index in [1.54, 1.807) is 24.3 Å². The van der Waals surface area contributed by atoms with Crippen LogP contribution in [0.3, 0.4) is 0 Å². The van der Waals surface area contributed by atoms with Gasteiger partial charge < -0.3 is 44.9 Å². The van der Waals surface area contributed by atoms with Gasteiger partial charge in [0.05, 0.1) is 26.5 Å². The number of aromatic hydroxyl groups is 1. The normalized spacial score (nSPS) is 13.8. The number of nitrogens with zero attached hydrogens (tertiary/aromatic N) is 3. The Morgan fingerprint density at radius 2 is 1.25 bits per heavy atom. The van der Waals surface area contributed by atoms with Gasteiger partial charge in [-0.1, -0.05) is 0 Å². The molecule has 0 spiro atoms. The second-order valence-corrected chi connectivity index (χ2v) is 16.4. The molecule has 2 aromatic rings. The number of aliphatic carboxylic acids is 3. The molecular weight excluding hydrogens is 910 g/mol. The fraction of sp³-hybridized carbons (Fsp3) is 0.385. The van der Waals surface area contributed by atoms with Crippen molar-refractivity contribution in [2.24, 2.45) is 0 Å². The van der Waals surface area contributed by atoms with Crippen LogP contribution in [-0.4, -0.2) is 136 Å². The highest BCUT2D eigenvalue weighted by Gasteiger charge is 2.34. The molecule has 0 aromatic heterocycles. The molecule has 0 amide bonds. The number of rotatable bonds is 21. The van der Waals surface area contributed by atoms with E-state index in [1.165, 1.54) is 17.0 Å². The van der Waals surface area contributed by atoms with Gasteiger partial charge in [-0.05, 0) is 93.6 Å². The average Bonchev–Trinajstić information content (AvgIpc) is 2.93. The fourth-order valence-electron chi connectivity index (χ4n) is 4.39. The zero-order valence-electron chi connectivity index (χ0n) is 24.8. The number of carboxylic acids is 3. The van der Waals surface area contributed by atoms with Crippen molar-refractivity contribution in [1.82, 2.24) is 14.7 Å². The molecule has 2 atom stereocenters. The molecule has 0 bridgehead atoms. The van der Waals surface area contributed by atoms with Gasteiger partial charge in [-0.25, -0.2) is 4.79 Å². The number of phenols is 1. The van der Waals surface area contributed by atoms with E-state index in [2.05, 4.69) is 0 Å². The number of ether oxygens (including phenoxy) is 1. The lowest BCUT2D eigenvalue weighted by atomic mass is 10.0. The van der Waals surface area contributed by atoms with Crippen LogP contribution in [0, 0.1) is 7.14 Å². The van der Waals surface area contributed by atoms with Gasteiger partial charge in [0.15, 0.2) is 5.75 Å². The molecule has 266 valence electrons. The third kappa shape index (κ3) is 14.6. The van der Waals surface area contributed by atoms with Gasteiger partial charge >= 0.3 is 38.6 Å². The van der Waals surface area contributed by atoms with Gasteiger partial charge in [0.2, 0.25) is 0 Å². The van der Waals surface area contributed by atoms with Crippen LogP contribution in [0.2, 0.25) is 0 Å². The Bertz CT molecular complexity index is 1550. The smallest absolute Gasteiger partial charge is 0.390 e. The molecule has 0 saturated carbocycles. The van der Waals surface area contributed by atoms with Crippen LogP contribution >= 0.6 is 60.1 Å². The van der Waals surface area contributed by atoms with E-state index in [0.717, 1.165) is 9.80 Å². The van der Waals surface area contributed by atoms with E-state index in [-0.39, 0.29) is 31.8 Å². The van der Waals surface area contributed by atoms with Gasteiger partial charge in [0, 0.05) is 26.2 Å². The molecule has 0 aliphatic rings. The lowest BCUT2D eigenvalue weighted by Crippen LogP contribution is -2.50. The van der Waals surface area contributed by atoms with Gasteiger partial charge in [-0.15, -0.1) is 0 Å². The first kappa shape index (κ1) is 41.8. The lowest BCUT2D eigenvalue weighted by molar-refractivity contribution is -0.144. The summed E-state index contributed by atoms with van der Waals surface area (Å²) in [4.78, 5) is 78.4. The van der Waals surface area contributed by atoms with Crippen molar-refractivity contribution in [3.8, 4) is 17.2 Å². The topological polar surface area (TPSA) is 283 Å². The molecule has 0 fully saturated rings. The van der Waals surface area contributed by atoms with Crippen molar-refractivity contribution < 1.29 is 73.3 Å². The van der Waals surface area contributed by atoms with Crippen LogP contribution in [0.25, 0.3) is 0 Å². The summed E-state index contributed by atoms with van der Waals surface area (Å²) >= 11 is 3.98. The summed E-state index contributed by atoms with van der Waals surface area (Å²) in [5.41, 5.74) is -1.55. The van der Waals surface area contributed by atoms with Gasteiger partial charge in [-0.3, -0.25) is 38.2 Å². The largest absolute Gasteiger partial charge is 0.508 e. The minimum Gasteiger partial charge on any atom is -0.508 e. The van der Waals surface area contributed by atoms with Gasteiger partial charge in [0.25, 0.3) is 0 Å². The molecule has 48 heavy (non-hydrogen) atoms. The maximum atomic E-state index is 12.6. The van der Waals surface area contributed by atoms with Gasteiger partial charge in [0.1, 0.15) is 23.8 Å². The SMILES string of the molecule is O=C(O)CN(CCN(CCN(CC(=O)O)CP(=O)(O)C(=O)O)C(Cc1cc(I)c(Oc2ccc(O)cc2)c(I)c1)C(=O)O)CP(=O)(O)O. The summed E-state index contributed by atoms with van der Waals surface area (Å²) in [5.74, 6) is -3.33. The zero-order chi connectivity index (χ0) is 36.4. The van der Waals surface area contributed by atoms with Crippen molar-refractivity contribution in [3.63, 3.8) is 0 Å². The molecule has 2 unspecified atom stereocenters. The number of phenolic OH excluding ortho intramolecular Hbond substituents is 1. The summed E-state index contributed by atoms with van der Waals surface area (Å²) in [7, 11) is -9.64. The van der Waals surface area contributed by atoms with E-state index in [9.17, 15) is 63.4 Å². The van der Waals surface area contributed by atoms with Crippen molar-refractivity contribution in [3.05, 3.63) is 49.1 Å². The van der Waals surface area contributed by atoms with Crippen molar-refractivity contribution in [2.75, 3.05) is 51.8 Å². The molecule has 2 rings (SSSR count). The Kier molecular flexibility index (Phi) is 16.1. The molecule has 2 aromatic carbocycles. The average molecular weight is 943 g/mol. The second kappa shape index (κ2) is 18.6. The Morgan fingerprint density at radius 1 is 0.771 bits per heavy atom. The van der Waals surface area contributed by atoms with Crippen LogP contribution in [0.15, 0.2) is 36.4 Å². The van der Waals surface area contributed by atoms with E-state index >= 15 is 0 Å². The van der Waals surface area contributed by atoms with E-state index < -0.39 is 76.8 Å². The molecule has 0 radical (unpaired) electrons. The molecule has 22 heteroatoms. The summed E-state index contributed by atoms with van der Waals surface area (Å²) in [5, 5.41) is 47.4. The third-order valence-electron chi connectivity index (χ3n) is 6.47. The minimum atomic E-state index is -4.89. The highest BCUT2D eigenvalue weighted by molar-refractivity contribution is 14.1. The summed E-state index contributed by atoms with van der Waals surface area (Å²) in [6.45, 7) is -3.09. The number of carboxylic acid groups (broad SMARTS) is 4. The Morgan fingerprint density at radius 3 is 1.67 bits per heavy atom. The minimum absolute atomic E-state index is 0.0394. The fourth-order valence-corrected chi connectivity index (χ4v) is 8.18. The van der Waals surface area contributed by atoms with Crippen molar-refractivity contribution in [1.29, 1.82) is 0 Å². The van der Waals surface area contributed by atoms with Crippen LogP contribution in [0.1, 0.15) is 5.56 Å². The number of halogens is 2.